The summed E-state index contributed by atoms with van der Waals surface area (Å²) in [5.41, 5.74) is 7.13. The first-order valence-electron chi connectivity index (χ1n) is 13.2. The number of aryl methyl sites for hydroxylation is 1. The summed E-state index contributed by atoms with van der Waals surface area (Å²) in [4.78, 5) is 18.4. The van der Waals surface area contributed by atoms with E-state index in [4.69, 9.17) is 5.73 Å². The molecule has 0 radical (unpaired) electrons. The number of aromatic amines is 1. The first-order valence-corrected chi connectivity index (χ1v) is 13.2. The molecule has 6 rings (SSSR count). The van der Waals surface area contributed by atoms with E-state index in [0.717, 1.165) is 67.6 Å². The largest absolute Gasteiger partial charge is 0.416 e. The zero-order valence-corrected chi connectivity index (χ0v) is 21.2. The summed E-state index contributed by atoms with van der Waals surface area (Å²) in [7, 11) is 2.14. The third kappa shape index (κ3) is 4.73. The number of aromatic nitrogens is 5. The molecule has 3 aromatic heterocycles. The lowest BCUT2D eigenvalue weighted by atomic mass is 9.76. The highest BCUT2D eigenvalue weighted by molar-refractivity contribution is 5.86. The molecular formula is C27H32F3N7O. The molecule has 38 heavy (non-hydrogen) atoms. The van der Waals surface area contributed by atoms with Gasteiger partial charge in [-0.05, 0) is 75.3 Å². The van der Waals surface area contributed by atoms with Crippen molar-refractivity contribution in [1.82, 2.24) is 29.4 Å². The van der Waals surface area contributed by atoms with E-state index in [-0.39, 0.29) is 18.1 Å². The van der Waals surface area contributed by atoms with Crippen molar-refractivity contribution in [3.8, 4) is 0 Å². The van der Waals surface area contributed by atoms with Gasteiger partial charge in [-0.2, -0.15) is 13.2 Å². The number of nitrogens with one attached hydrogen (secondary N) is 1. The molecule has 2 fully saturated rings. The van der Waals surface area contributed by atoms with Crippen molar-refractivity contribution in [2.75, 3.05) is 19.3 Å². The molecule has 4 aromatic rings. The normalized spacial score (nSPS) is 26.0. The third-order valence-corrected chi connectivity index (χ3v) is 8.57. The van der Waals surface area contributed by atoms with E-state index < -0.39 is 11.7 Å². The van der Waals surface area contributed by atoms with Crippen molar-refractivity contribution in [2.24, 2.45) is 11.8 Å². The Hall–Kier alpha value is -3.18. The van der Waals surface area contributed by atoms with Crippen LogP contribution < -0.4 is 5.73 Å². The second kappa shape index (κ2) is 9.53. The molecule has 3 atom stereocenters. The Morgan fingerprint density at radius 2 is 1.97 bits per heavy atom. The van der Waals surface area contributed by atoms with E-state index >= 15 is 0 Å². The Kier molecular flexibility index (Phi) is 6.30. The van der Waals surface area contributed by atoms with Gasteiger partial charge < -0.3 is 25.3 Å². The van der Waals surface area contributed by atoms with Crippen LogP contribution in [0.1, 0.15) is 49.5 Å². The summed E-state index contributed by atoms with van der Waals surface area (Å²) >= 11 is 0. The maximum atomic E-state index is 13.0. The molecule has 3 heterocycles. The summed E-state index contributed by atoms with van der Waals surface area (Å²) in [5.74, 6) is 1.97. The first-order chi connectivity index (χ1) is 18.2. The fourth-order valence-electron chi connectivity index (χ4n) is 6.30. The highest BCUT2D eigenvalue weighted by Crippen LogP contribution is 2.40. The van der Waals surface area contributed by atoms with Crippen molar-refractivity contribution in [3.63, 3.8) is 0 Å². The van der Waals surface area contributed by atoms with Crippen LogP contribution in [-0.4, -0.2) is 60.2 Å². The lowest BCUT2D eigenvalue weighted by Gasteiger charge is -2.42. The quantitative estimate of drug-likeness (QED) is 0.325. The van der Waals surface area contributed by atoms with Gasteiger partial charge in [-0.3, -0.25) is 0 Å². The number of imidazole rings is 1. The number of benzene rings is 1. The summed E-state index contributed by atoms with van der Waals surface area (Å²) in [6.07, 6.45) is 4.18. The third-order valence-electron chi connectivity index (χ3n) is 8.57. The zero-order valence-electron chi connectivity index (χ0n) is 21.2. The van der Waals surface area contributed by atoms with Crippen molar-refractivity contribution in [1.29, 1.82) is 0 Å². The molecule has 1 aromatic carbocycles. The lowest BCUT2D eigenvalue weighted by molar-refractivity contribution is -0.137. The number of alkyl halides is 3. The summed E-state index contributed by atoms with van der Waals surface area (Å²) in [6, 6.07) is 6.24. The van der Waals surface area contributed by atoms with Gasteiger partial charge in [0.15, 0.2) is 0 Å². The van der Waals surface area contributed by atoms with Gasteiger partial charge in [-0.25, -0.2) is 15.0 Å². The number of halogens is 3. The second-order valence-corrected chi connectivity index (χ2v) is 11.1. The molecule has 0 saturated heterocycles. The van der Waals surface area contributed by atoms with Crippen molar-refractivity contribution in [3.05, 3.63) is 48.2 Å². The van der Waals surface area contributed by atoms with Gasteiger partial charge in [0.2, 0.25) is 0 Å². The van der Waals surface area contributed by atoms with Gasteiger partial charge in [-0.15, -0.1) is 0 Å². The van der Waals surface area contributed by atoms with Crippen LogP contribution >= 0.6 is 0 Å². The SMILES string of the molecule is CN(CC1CC(n2ccc3c(N)ncnc32)CC1O)C1CC(CCc2nc3ccc(C(F)(F)F)cc3[nH]2)C1. The fraction of sp³-hybridized carbons (Fsp3) is 0.519. The molecular weight excluding hydrogens is 495 g/mol. The Bertz CT molecular complexity index is 1440. The smallest absolute Gasteiger partial charge is 0.393 e. The second-order valence-electron chi connectivity index (χ2n) is 11.1. The number of nitrogens with two attached hydrogens (primary N) is 1. The molecule has 0 amide bonds. The van der Waals surface area contributed by atoms with Crippen LogP contribution in [0.2, 0.25) is 0 Å². The zero-order chi connectivity index (χ0) is 26.6. The van der Waals surface area contributed by atoms with E-state index in [2.05, 4.69) is 36.5 Å². The number of aliphatic hydroxyl groups is 1. The van der Waals surface area contributed by atoms with Crippen LogP contribution in [0.15, 0.2) is 36.8 Å². The molecule has 0 aliphatic heterocycles. The van der Waals surface area contributed by atoms with E-state index in [1.165, 1.54) is 12.4 Å². The van der Waals surface area contributed by atoms with Gasteiger partial charge in [0.05, 0.1) is 28.1 Å². The van der Waals surface area contributed by atoms with Gasteiger partial charge >= 0.3 is 6.18 Å². The monoisotopic (exact) mass is 527 g/mol. The highest BCUT2D eigenvalue weighted by Gasteiger charge is 2.38. The number of rotatable bonds is 7. The molecule has 3 unspecified atom stereocenters. The van der Waals surface area contributed by atoms with Crippen LogP contribution in [0.5, 0.6) is 0 Å². The Balaban J connectivity index is 0.992. The fourth-order valence-corrected chi connectivity index (χ4v) is 6.30. The van der Waals surface area contributed by atoms with Crippen LogP contribution in [0.25, 0.3) is 22.1 Å². The number of hydrogen-bond acceptors (Lipinski definition) is 6. The van der Waals surface area contributed by atoms with E-state index in [1.54, 1.807) is 0 Å². The van der Waals surface area contributed by atoms with Crippen molar-refractivity contribution < 1.29 is 18.3 Å². The molecule has 2 aliphatic carbocycles. The lowest BCUT2D eigenvalue weighted by Crippen LogP contribution is -2.45. The number of nitrogens with zero attached hydrogens (tertiary/aromatic N) is 5. The van der Waals surface area contributed by atoms with Crippen LogP contribution in [0, 0.1) is 11.8 Å². The highest BCUT2D eigenvalue weighted by atomic mass is 19.4. The number of anilines is 1. The molecule has 2 saturated carbocycles. The van der Waals surface area contributed by atoms with Gasteiger partial charge in [0.1, 0.15) is 23.6 Å². The first kappa shape index (κ1) is 25.1. The van der Waals surface area contributed by atoms with Crippen molar-refractivity contribution in [2.45, 2.75) is 62.9 Å². The number of hydrogen-bond donors (Lipinski definition) is 3. The standard InChI is InChI=1S/C27H32F3N7O/c1-36(13-16-10-19(12-23(16)38)37-7-6-20-25(31)32-14-33-26(20)37)18-8-15(9-18)2-5-24-34-21-4-3-17(27(28,29)30)11-22(21)35-24/h3-4,6-7,11,14-16,18-19,23,38H,2,5,8-10,12-13H2,1H3,(H,34,35)(H2,31,32,33). The maximum absolute atomic E-state index is 13.0. The Labute approximate surface area is 218 Å². The predicted molar refractivity (Wildman–Crippen MR) is 138 cm³/mol. The van der Waals surface area contributed by atoms with Gasteiger partial charge in [-0.1, -0.05) is 0 Å². The van der Waals surface area contributed by atoms with Crippen LogP contribution in [-0.2, 0) is 12.6 Å². The minimum Gasteiger partial charge on any atom is -0.393 e. The van der Waals surface area contributed by atoms with E-state index in [1.807, 2.05) is 12.3 Å². The van der Waals surface area contributed by atoms with Crippen LogP contribution in [0.3, 0.4) is 0 Å². The molecule has 0 bridgehead atoms. The summed E-state index contributed by atoms with van der Waals surface area (Å²) in [5, 5.41) is 11.7. The Morgan fingerprint density at radius 1 is 1.16 bits per heavy atom. The van der Waals surface area contributed by atoms with E-state index in [9.17, 15) is 18.3 Å². The molecule has 11 heteroatoms. The van der Waals surface area contributed by atoms with Gasteiger partial charge in [0.25, 0.3) is 0 Å². The molecule has 2 aliphatic rings. The Morgan fingerprint density at radius 3 is 2.76 bits per heavy atom. The maximum Gasteiger partial charge on any atom is 0.416 e. The van der Waals surface area contributed by atoms with Gasteiger partial charge in [0, 0.05) is 31.2 Å². The van der Waals surface area contributed by atoms with Crippen LogP contribution in [0.4, 0.5) is 19.0 Å². The number of H-pyrrole nitrogens is 1. The summed E-state index contributed by atoms with van der Waals surface area (Å²) in [6.45, 7) is 0.844. The average Bonchev–Trinajstić information content (AvgIpc) is 3.54. The predicted octanol–water partition coefficient (Wildman–Crippen LogP) is 4.56. The molecule has 4 N–H and O–H groups in total. The number of fused-ring (bicyclic) bond motifs is 2. The minimum atomic E-state index is -4.36. The molecule has 0 spiro atoms. The molecule has 8 nitrogen and oxygen atoms in total. The van der Waals surface area contributed by atoms with Crippen molar-refractivity contribution >= 4 is 27.9 Å². The minimum absolute atomic E-state index is 0.181. The average molecular weight is 528 g/mol. The number of aliphatic hydroxyl groups excluding tert-OH is 1. The molecule has 202 valence electrons. The number of nitrogen functional groups attached to an aromatic ring is 1. The van der Waals surface area contributed by atoms with E-state index in [0.29, 0.717) is 35.2 Å². The summed E-state index contributed by atoms with van der Waals surface area (Å²) < 4.78 is 41.0. The topological polar surface area (TPSA) is 109 Å².